The highest BCUT2D eigenvalue weighted by molar-refractivity contribution is 6.29. The molecule has 4 rings (SSSR count). The molecular formula is C20H21ClN4O2. The molecule has 27 heavy (non-hydrogen) atoms. The van der Waals surface area contributed by atoms with Gasteiger partial charge in [0.1, 0.15) is 6.10 Å². The second-order valence-electron chi connectivity index (χ2n) is 6.55. The number of hydrogen-bond acceptors (Lipinski definition) is 5. The summed E-state index contributed by atoms with van der Waals surface area (Å²) in [6.45, 7) is 0. The molecule has 2 aliphatic carbocycles. The van der Waals surface area contributed by atoms with Crippen molar-refractivity contribution in [2.24, 2.45) is 4.99 Å². The topological polar surface area (TPSA) is 61.0 Å². The Balaban J connectivity index is 1.74. The van der Waals surface area contributed by atoms with Gasteiger partial charge >= 0.3 is 0 Å². The maximum atomic E-state index is 6.09. The van der Waals surface area contributed by atoms with E-state index in [2.05, 4.69) is 4.98 Å². The third-order valence-corrected chi connectivity index (χ3v) is 5.18. The monoisotopic (exact) mass is 384 g/mol. The van der Waals surface area contributed by atoms with Gasteiger partial charge in [-0.3, -0.25) is 0 Å². The Morgan fingerprint density at radius 1 is 1.22 bits per heavy atom. The Hall–Kier alpha value is -2.28. The summed E-state index contributed by atoms with van der Waals surface area (Å²) >= 11 is 6.09. The van der Waals surface area contributed by atoms with Crippen LogP contribution in [0.3, 0.4) is 0 Å². The van der Waals surface area contributed by atoms with Gasteiger partial charge in [0, 0.05) is 50.0 Å². The highest BCUT2D eigenvalue weighted by atomic mass is 35.5. The summed E-state index contributed by atoms with van der Waals surface area (Å²) in [6, 6.07) is 0. The fraction of sp³-hybridized carbons (Fsp3) is 0.350. The van der Waals surface area contributed by atoms with E-state index < -0.39 is 0 Å². The highest BCUT2D eigenvalue weighted by Crippen LogP contribution is 2.30. The van der Waals surface area contributed by atoms with Gasteiger partial charge in [0.2, 0.25) is 0 Å². The van der Waals surface area contributed by atoms with E-state index in [1.165, 1.54) is 0 Å². The van der Waals surface area contributed by atoms with Crippen LogP contribution in [-0.4, -0.2) is 46.5 Å². The van der Waals surface area contributed by atoms with E-state index in [0.717, 1.165) is 40.5 Å². The summed E-state index contributed by atoms with van der Waals surface area (Å²) in [5.41, 5.74) is 3.65. The lowest BCUT2D eigenvalue weighted by Gasteiger charge is -2.25. The van der Waals surface area contributed by atoms with E-state index in [9.17, 15) is 0 Å². The molecule has 0 aromatic carbocycles. The lowest BCUT2D eigenvalue weighted by atomic mass is 10.00. The van der Waals surface area contributed by atoms with Crippen LogP contribution in [0.25, 0.3) is 11.2 Å². The zero-order valence-corrected chi connectivity index (χ0v) is 16.1. The average molecular weight is 385 g/mol. The van der Waals surface area contributed by atoms with Crippen LogP contribution < -0.4 is 0 Å². The van der Waals surface area contributed by atoms with Crippen molar-refractivity contribution in [1.82, 2.24) is 14.4 Å². The lowest BCUT2D eigenvalue weighted by molar-refractivity contribution is -0.00856. The number of imidazole rings is 1. The van der Waals surface area contributed by atoms with E-state index in [1.807, 2.05) is 41.1 Å². The molecule has 2 atom stereocenters. The van der Waals surface area contributed by atoms with Crippen molar-refractivity contribution in [2.75, 3.05) is 14.2 Å². The van der Waals surface area contributed by atoms with Gasteiger partial charge in [-0.25, -0.2) is 15.0 Å². The first-order valence-electron chi connectivity index (χ1n) is 8.88. The Kier molecular flexibility index (Phi) is 5.20. The molecule has 140 valence electrons. The number of rotatable bonds is 4. The molecule has 0 saturated carbocycles. The molecule has 0 bridgehead atoms. The third-order valence-electron chi connectivity index (χ3n) is 4.86. The van der Waals surface area contributed by atoms with Crippen molar-refractivity contribution in [3.8, 4) is 0 Å². The quantitative estimate of drug-likeness (QED) is 0.796. The summed E-state index contributed by atoms with van der Waals surface area (Å²) in [5, 5.41) is 0.869. The molecule has 0 spiro atoms. The van der Waals surface area contributed by atoms with Gasteiger partial charge in [-0.2, -0.15) is 0 Å². The van der Waals surface area contributed by atoms with Crippen LogP contribution in [0.4, 0.5) is 5.82 Å². The minimum absolute atomic E-state index is 0.0639. The van der Waals surface area contributed by atoms with Crippen LogP contribution in [0.5, 0.6) is 0 Å². The minimum Gasteiger partial charge on any atom is -0.378 e. The predicted molar refractivity (Wildman–Crippen MR) is 107 cm³/mol. The van der Waals surface area contributed by atoms with E-state index in [4.69, 9.17) is 31.1 Å². The van der Waals surface area contributed by atoms with Crippen molar-refractivity contribution >= 4 is 34.4 Å². The minimum atomic E-state index is -0.0661. The lowest BCUT2D eigenvalue weighted by Crippen LogP contribution is -2.33. The first-order valence-corrected chi connectivity index (χ1v) is 9.26. The van der Waals surface area contributed by atoms with Gasteiger partial charge in [-0.15, -0.1) is 0 Å². The van der Waals surface area contributed by atoms with Gasteiger partial charge in [0.05, 0.1) is 11.8 Å². The van der Waals surface area contributed by atoms with E-state index >= 15 is 0 Å². The molecule has 6 nitrogen and oxygen atoms in total. The van der Waals surface area contributed by atoms with Gasteiger partial charge in [0.25, 0.3) is 0 Å². The van der Waals surface area contributed by atoms with Crippen LogP contribution in [0.2, 0.25) is 0 Å². The van der Waals surface area contributed by atoms with Crippen molar-refractivity contribution in [1.29, 1.82) is 0 Å². The highest BCUT2D eigenvalue weighted by Gasteiger charge is 2.24. The van der Waals surface area contributed by atoms with Gasteiger partial charge in [0.15, 0.2) is 11.5 Å². The number of fused-ring (bicyclic) bond motifs is 1. The van der Waals surface area contributed by atoms with Gasteiger partial charge in [-0.1, -0.05) is 23.8 Å². The molecule has 2 aromatic heterocycles. The number of halogens is 1. The smallest absolute Gasteiger partial charge is 0.197 e. The van der Waals surface area contributed by atoms with Crippen LogP contribution in [0.15, 0.2) is 52.9 Å². The predicted octanol–water partition coefficient (Wildman–Crippen LogP) is 4.09. The maximum absolute atomic E-state index is 6.09. The fourth-order valence-electron chi connectivity index (χ4n) is 3.36. The first-order chi connectivity index (χ1) is 13.2. The van der Waals surface area contributed by atoms with Crippen molar-refractivity contribution in [3.05, 3.63) is 53.6 Å². The summed E-state index contributed by atoms with van der Waals surface area (Å²) in [4.78, 5) is 14.0. The molecule has 0 amide bonds. The second kappa shape index (κ2) is 7.76. The van der Waals surface area contributed by atoms with Crippen molar-refractivity contribution < 1.29 is 9.47 Å². The van der Waals surface area contributed by atoms with Crippen LogP contribution in [0.1, 0.15) is 25.0 Å². The van der Waals surface area contributed by atoms with E-state index in [0.29, 0.717) is 12.2 Å². The Morgan fingerprint density at radius 3 is 2.85 bits per heavy atom. The number of aromatic nitrogens is 3. The molecule has 0 saturated heterocycles. The average Bonchev–Trinajstić information content (AvgIpc) is 3.17. The normalized spacial score (nSPS) is 24.3. The van der Waals surface area contributed by atoms with E-state index in [1.54, 1.807) is 20.4 Å². The molecule has 2 aliphatic rings. The largest absolute Gasteiger partial charge is 0.378 e. The molecule has 0 radical (unpaired) electrons. The molecule has 0 fully saturated rings. The number of methoxy groups -OCH3 is 2. The third kappa shape index (κ3) is 3.74. The Labute approximate surface area is 162 Å². The maximum Gasteiger partial charge on any atom is 0.197 e. The van der Waals surface area contributed by atoms with Crippen molar-refractivity contribution in [2.45, 2.75) is 31.5 Å². The summed E-state index contributed by atoms with van der Waals surface area (Å²) in [6.07, 6.45) is 15.8. The van der Waals surface area contributed by atoms with Gasteiger partial charge < -0.3 is 13.9 Å². The standard InChI is InChI=1S/C20H21ClN4O2/c1-26-17-8-7-15(11-18(17)27-2)23-19-20-22-9-10-25(20)12-16(24-19)13-3-5-14(21)6-4-13/h3,5,7-10,12,17-18H,4,6,11H2,1-2H3. The molecule has 2 heterocycles. The molecular weight excluding hydrogens is 364 g/mol. The van der Waals surface area contributed by atoms with Crippen LogP contribution in [0, 0.1) is 0 Å². The summed E-state index contributed by atoms with van der Waals surface area (Å²) in [5.74, 6) is 0.601. The SMILES string of the molecule is COC1C=CC(=Nc2nc(C3=CC=C(Cl)CC3)cn3ccnc23)CC1OC. The molecule has 0 N–H and O–H groups in total. The van der Waals surface area contributed by atoms with Crippen LogP contribution in [-0.2, 0) is 9.47 Å². The Bertz CT molecular complexity index is 974. The zero-order chi connectivity index (χ0) is 18.8. The summed E-state index contributed by atoms with van der Waals surface area (Å²) in [7, 11) is 3.37. The molecule has 7 heteroatoms. The fourth-order valence-corrected chi connectivity index (χ4v) is 3.51. The zero-order valence-electron chi connectivity index (χ0n) is 15.3. The Morgan fingerprint density at radius 2 is 2.11 bits per heavy atom. The number of ether oxygens (including phenoxy) is 2. The van der Waals surface area contributed by atoms with Gasteiger partial charge in [-0.05, 0) is 30.6 Å². The number of aliphatic imine (C=N–C) groups is 1. The molecule has 0 aliphatic heterocycles. The molecule has 2 aromatic rings. The first kappa shape index (κ1) is 18.1. The molecule has 2 unspecified atom stereocenters. The number of nitrogens with zero attached hydrogens (tertiary/aromatic N) is 4. The second-order valence-corrected chi connectivity index (χ2v) is 7.04. The van der Waals surface area contributed by atoms with E-state index in [-0.39, 0.29) is 12.2 Å². The number of hydrogen-bond donors (Lipinski definition) is 0. The number of allylic oxidation sites excluding steroid dienone is 5. The van der Waals surface area contributed by atoms with Crippen LogP contribution >= 0.6 is 11.6 Å². The summed E-state index contributed by atoms with van der Waals surface area (Å²) < 4.78 is 12.9. The van der Waals surface area contributed by atoms with Crippen molar-refractivity contribution in [3.63, 3.8) is 0 Å².